The number of furan rings is 1. The molecule has 0 fully saturated rings. The normalized spacial score (nSPS) is 13.8. The van der Waals surface area contributed by atoms with Crippen LogP contribution in [-0.4, -0.2) is 21.1 Å². The molecule has 1 aliphatic heterocycles. The van der Waals surface area contributed by atoms with Gasteiger partial charge in [-0.1, -0.05) is 24.3 Å². The summed E-state index contributed by atoms with van der Waals surface area (Å²) >= 11 is 1.39. The zero-order valence-corrected chi connectivity index (χ0v) is 20.6. The minimum atomic E-state index is -2.25. The maximum absolute atomic E-state index is 12.4. The molecule has 5 rings (SSSR count). The van der Waals surface area contributed by atoms with E-state index in [1.807, 2.05) is 54.6 Å². The Bertz CT molecular complexity index is 1420. The van der Waals surface area contributed by atoms with Gasteiger partial charge in [0.1, 0.15) is 17.2 Å². The molecule has 9 heteroatoms. The number of benzene rings is 3. The second-order valence-corrected chi connectivity index (χ2v) is 9.82. The van der Waals surface area contributed by atoms with Gasteiger partial charge in [0.2, 0.25) is 0 Å². The predicted octanol–water partition coefficient (Wildman–Crippen LogP) is 5.70. The van der Waals surface area contributed by atoms with Crippen LogP contribution in [0.5, 0.6) is 0 Å². The highest BCUT2D eigenvalue weighted by atomic mass is 79.9. The van der Waals surface area contributed by atoms with Crippen molar-refractivity contribution in [3.8, 4) is 0 Å². The van der Waals surface area contributed by atoms with E-state index in [0.717, 1.165) is 51.8 Å². The summed E-state index contributed by atoms with van der Waals surface area (Å²) in [6.07, 6.45) is 2.52. The lowest BCUT2D eigenvalue weighted by molar-refractivity contribution is 0.560. The summed E-state index contributed by atoms with van der Waals surface area (Å²) in [5, 5.41) is 11.8. The van der Waals surface area contributed by atoms with Crippen LogP contribution in [0.25, 0.3) is 11.0 Å². The highest BCUT2D eigenvalue weighted by Crippen LogP contribution is 2.37. The van der Waals surface area contributed by atoms with Gasteiger partial charge >= 0.3 is 0 Å². The first-order chi connectivity index (χ1) is 16.4. The van der Waals surface area contributed by atoms with Gasteiger partial charge in [0.25, 0.3) is 11.3 Å². The van der Waals surface area contributed by atoms with E-state index in [4.69, 9.17) is 15.6 Å². The fraction of sp³-hybridized carbons (Fsp3) is 0.160. The van der Waals surface area contributed by atoms with Crippen molar-refractivity contribution >= 4 is 61.1 Å². The van der Waals surface area contributed by atoms with Crippen LogP contribution in [0.4, 0.5) is 17.1 Å². The first-order valence-electron chi connectivity index (χ1n) is 10.8. The third-order valence-corrected chi connectivity index (χ3v) is 7.57. The van der Waals surface area contributed by atoms with Crippen LogP contribution in [0.15, 0.2) is 69.6 Å². The van der Waals surface area contributed by atoms with Gasteiger partial charge in [0.05, 0.1) is 15.8 Å². The van der Waals surface area contributed by atoms with Crippen LogP contribution < -0.4 is 15.4 Å². The Hall–Kier alpha value is -3.14. The molecule has 1 unspecified atom stereocenters. The summed E-state index contributed by atoms with van der Waals surface area (Å²) in [6.45, 7) is 0.940. The number of nitrogens with two attached hydrogens (primary N) is 1. The van der Waals surface area contributed by atoms with Crippen molar-refractivity contribution in [3.63, 3.8) is 0 Å². The van der Waals surface area contributed by atoms with Gasteiger partial charge in [0.15, 0.2) is 0 Å². The molecule has 174 valence electrons. The number of aryl methyl sites for hydroxylation is 1. The molecular weight excluding hydrogens is 516 g/mol. The van der Waals surface area contributed by atoms with Gasteiger partial charge in [-0.25, -0.2) is 8.51 Å². The lowest BCUT2D eigenvalue weighted by Gasteiger charge is -2.24. The van der Waals surface area contributed by atoms with Crippen LogP contribution in [-0.2, 0) is 24.1 Å². The number of rotatable bonds is 6. The van der Waals surface area contributed by atoms with Crippen molar-refractivity contribution in [3.05, 3.63) is 87.6 Å². The van der Waals surface area contributed by atoms with Crippen molar-refractivity contribution in [2.75, 3.05) is 16.2 Å². The van der Waals surface area contributed by atoms with Crippen LogP contribution in [0.1, 0.15) is 28.9 Å². The molecule has 5 N–H and O–H groups in total. The molecule has 0 bridgehead atoms. The lowest BCUT2D eigenvalue weighted by atomic mass is 10.0. The highest BCUT2D eigenvalue weighted by molar-refractivity contribution is 9.10. The van der Waals surface area contributed by atoms with E-state index in [1.165, 1.54) is 4.31 Å². The fourth-order valence-electron chi connectivity index (χ4n) is 4.25. The van der Waals surface area contributed by atoms with E-state index in [2.05, 4.69) is 21.2 Å². The Morgan fingerprint density at radius 3 is 2.62 bits per heavy atom. The molecule has 7 nitrogen and oxygen atoms in total. The van der Waals surface area contributed by atoms with E-state index >= 15 is 0 Å². The zero-order chi connectivity index (χ0) is 23.8. The summed E-state index contributed by atoms with van der Waals surface area (Å²) in [4.78, 5) is 0. The van der Waals surface area contributed by atoms with E-state index in [0.29, 0.717) is 28.9 Å². The molecule has 0 aliphatic carbocycles. The predicted molar refractivity (Wildman–Crippen MR) is 140 cm³/mol. The first kappa shape index (κ1) is 22.6. The minimum Gasteiger partial charge on any atom is -0.459 e. The van der Waals surface area contributed by atoms with E-state index in [-0.39, 0.29) is 5.84 Å². The summed E-state index contributed by atoms with van der Waals surface area (Å²) in [5.41, 5.74) is 11.3. The Kier molecular flexibility index (Phi) is 6.16. The molecule has 3 aromatic carbocycles. The van der Waals surface area contributed by atoms with Crippen LogP contribution in [0.2, 0.25) is 0 Å². The van der Waals surface area contributed by atoms with Crippen LogP contribution in [0.3, 0.4) is 0 Å². The molecule has 0 amide bonds. The molecular formula is C25H23BrN4O3S. The van der Waals surface area contributed by atoms with Crippen molar-refractivity contribution in [2.24, 2.45) is 5.73 Å². The standard InChI is InChI=1S/C25H23BrN4O3S/c26-24-20-9-7-19(30(34(31)32)18-8-10-21-17(13-18)2-1-11-29-21)14-22(20)33-23(24)12-15-3-5-16(6-4-15)25(27)28/h3-10,13-14,29H,1-2,11-12H2,(H3,27,28)(H,31,32). The van der Waals surface area contributed by atoms with Gasteiger partial charge in [-0.2, -0.15) is 0 Å². The number of hydrogen-bond acceptors (Lipinski definition) is 4. The Balaban J connectivity index is 1.48. The number of nitrogen functional groups attached to an aromatic ring is 1. The second-order valence-electron chi connectivity index (χ2n) is 8.20. The molecule has 0 saturated heterocycles. The third kappa shape index (κ3) is 4.34. The van der Waals surface area contributed by atoms with Gasteiger partial charge in [-0.3, -0.25) is 9.96 Å². The van der Waals surface area contributed by atoms with E-state index in [1.54, 1.807) is 6.07 Å². The lowest BCUT2D eigenvalue weighted by Crippen LogP contribution is -2.20. The average Bonchev–Trinajstić information content (AvgIpc) is 3.13. The van der Waals surface area contributed by atoms with Crippen molar-refractivity contribution in [1.29, 1.82) is 5.41 Å². The van der Waals surface area contributed by atoms with Crippen molar-refractivity contribution in [2.45, 2.75) is 19.3 Å². The summed E-state index contributed by atoms with van der Waals surface area (Å²) in [6, 6.07) is 18.7. The van der Waals surface area contributed by atoms with Gasteiger partial charge < -0.3 is 15.5 Å². The molecule has 1 aromatic heterocycles. The number of nitrogens with zero attached hydrogens (tertiary/aromatic N) is 1. The van der Waals surface area contributed by atoms with Gasteiger partial charge in [-0.15, -0.1) is 0 Å². The Labute approximate surface area is 208 Å². The number of anilines is 3. The molecule has 0 radical (unpaired) electrons. The molecule has 2 heterocycles. The molecule has 1 atom stereocenters. The SMILES string of the molecule is N=C(N)c1ccc(Cc2oc3cc(N(c4ccc5c(c4)CCCN5)S(=O)O)ccc3c2Br)cc1. The second kappa shape index (κ2) is 9.25. The number of fused-ring (bicyclic) bond motifs is 2. The van der Waals surface area contributed by atoms with Crippen molar-refractivity contribution < 1.29 is 13.2 Å². The molecule has 34 heavy (non-hydrogen) atoms. The summed E-state index contributed by atoms with van der Waals surface area (Å²) in [7, 11) is 0. The monoisotopic (exact) mass is 538 g/mol. The third-order valence-electron chi connectivity index (χ3n) is 5.96. The largest absolute Gasteiger partial charge is 0.459 e. The minimum absolute atomic E-state index is 0.0324. The number of amidine groups is 1. The van der Waals surface area contributed by atoms with E-state index < -0.39 is 11.3 Å². The van der Waals surface area contributed by atoms with E-state index in [9.17, 15) is 8.76 Å². The molecule has 1 aliphatic rings. The quantitative estimate of drug-likeness (QED) is 0.143. The molecule has 0 saturated carbocycles. The fourth-order valence-corrected chi connectivity index (χ4v) is 5.39. The maximum Gasteiger partial charge on any atom is 0.266 e. The summed E-state index contributed by atoms with van der Waals surface area (Å²) in [5.74, 6) is 0.782. The highest BCUT2D eigenvalue weighted by Gasteiger charge is 2.20. The van der Waals surface area contributed by atoms with Crippen molar-refractivity contribution in [1.82, 2.24) is 0 Å². The number of nitrogens with one attached hydrogen (secondary N) is 2. The molecule has 4 aromatic rings. The Morgan fingerprint density at radius 2 is 1.88 bits per heavy atom. The smallest absolute Gasteiger partial charge is 0.266 e. The number of hydrogen-bond donors (Lipinski definition) is 4. The topological polar surface area (TPSA) is 116 Å². The molecule has 0 spiro atoms. The van der Waals surface area contributed by atoms with Gasteiger partial charge in [-0.05, 0) is 70.2 Å². The number of halogens is 1. The zero-order valence-electron chi connectivity index (χ0n) is 18.2. The van der Waals surface area contributed by atoms with Crippen LogP contribution >= 0.6 is 15.9 Å². The first-order valence-corrected chi connectivity index (χ1v) is 12.7. The van der Waals surface area contributed by atoms with Gasteiger partial charge in [0, 0.05) is 35.7 Å². The maximum atomic E-state index is 12.4. The average molecular weight is 539 g/mol. The summed E-state index contributed by atoms with van der Waals surface area (Å²) < 4.78 is 30.9. The Morgan fingerprint density at radius 1 is 1.15 bits per heavy atom. The van der Waals surface area contributed by atoms with Crippen LogP contribution in [0, 0.1) is 5.41 Å².